The number of hydrogen-bond donors (Lipinski definition) is 2. The third kappa shape index (κ3) is 1.71. The van der Waals surface area contributed by atoms with Crippen molar-refractivity contribution in [2.75, 3.05) is 6.54 Å². The van der Waals surface area contributed by atoms with Crippen molar-refractivity contribution >= 4 is 17.2 Å². The molecule has 0 bridgehead atoms. The Morgan fingerprint density at radius 3 is 3.15 bits per heavy atom. The molecule has 2 atom stereocenters. The summed E-state index contributed by atoms with van der Waals surface area (Å²) in [6.07, 6.45) is 1.78. The van der Waals surface area contributed by atoms with E-state index in [-0.39, 0.29) is 18.0 Å². The molecule has 1 saturated heterocycles. The van der Waals surface area contributed by atoms with Gasteiger partial charge in [-0.2, -0.15) is 0 Å². The highest BCUT2D eigenvalue weighted by Crippen LogP contribution is 2.17. The van der Waals surface area contributed by atoms with Crippen LogP contribution >= 0.6 is 11.3 Å². The minimum absolute atomic E-state index is 0.0628. The van der Waals surface area contributed by atoms with E-state index in [9.17, 15) is 4.79 Å². The summed E-state index contributed by atoms with van der Waals surface area (Å²) in [6, 6.07) is 0.0512. The monoisotopic (exact) mass is 197 g/mol. The largest absolute Gasteiger partial charge is 0.353 e. The summed E-state index contributed by atoms with van der Waals surface area (Å²) < 4.78 is 0. The first kappa shape index (κ1) is 8.65. The van der Waals surface area contributed by atoms with Gasteiger partial charge in [0.25, 0.3) is 0 Å². The fraction of sp³-hybridized carbons (Fsp3) is 0.500. The van der Waals surface area contributed by atoms with E-state index in [1.807, 2.05) is 12.3 Å². The van der Waals surface area contributed by atoms with Crippen LogP contribution in [0.15, 0.2) is 11.6 Å². The maximum absolute atomic E-state index is 11.1. The third-order valence-electron chi connectivity index (χ3n) is 2.07. The van der Waals surface area contributed by atoms with Crippen molar-refractivity contribution in [3.63, 3.8) is 0 Å². The van der Waals surface area contributed by atoms with E-state index in [1.165, 1.54) is 0 Å². The molecule has 1 aromatic heterocycles. The first-order valence-corrected chi connectivity index (χ1v) is 5.08. The van der Waals surface area contributed by atoms with Crippen LogP contribution in [0, 0.1) is 0 Å². The molecule has 13 heavy (non-hydrogen) atoms. The number of aromatic nitrogens is 1. The lowest BCUT2D eigenvalue weighted by atomic mass is 10.2. The lowest BCUT2D eigenvalue weighted by molar-refractivity contribution is -0.124. The minimum atomic E-state index is -0.123. The van der Waals surface area contributed by atoms with Crippen molar-refractivity contribution < 1.29 is 4.79 Å². The van der Waals surface area contributed by atoms with Crippen molar-refractivity contribution in [1.82, 2.24) is 15.6 Å². The SMILES string of the molecule is CC1NC(c2nccs2)CNC1=O. The molecule has 1 aliphatic heterocycles. The van der Waals surface area contributed by atoms with Crippen LogP contribution in [0.4, 0.5) is 0 Å². The third-order valence-corrected chi connectivity index (χ3v) is 2.96. The summed E-state index contributed by atoms with van der Waals surface area (Å²) in [5, 5.41) is 9.02. The highest BCUT2D eigenvalue weighted by atomic mass is 32.1. The van der Waals surface area contributed by atoms with E-state index in [0.29, 0.717) is 6.54 Å². The molecule has 2 N–H and O–H groups in total. The number of nitrogens with zero attached hydrogens (tertiary/aromatic N) is 1. The van der Waals surface area contributed by atoms with Crippen LogP contribution in [0.1, 0.15) is 18.0 Å². The fourth-order valence-corrected chi connectivity index (χ4v) is 2.06. The van der Waals surface area contributed by atoms with Crippen LogP contribution in [-0.2, 0) is 4.79 Å². The van der Waals surface area contributed by atoms with E-state index in [2.05, 4.69) is 15.6 Å². The molecular formula is C8H11N3OS. The average molecular weight is 197 g/mol. The summed E-state index contributed by atoms with van der Waals surface area (Å²) in [7, 11) is 0. The Balaban J connectivity index is 2.07. The summed E-state index contributed by atoms with van der Waals surface area (Å²) >= 11 is 1.61. The zero-order valence-corrected chi connectivity index (χ0v) is 8.10. The maximum atomic E-state index is 11.1. The highest BCUT2D eigenvalue weighted by molar-refractivity contribution is 7.09. The van der Waals surface area contributed by atoms with E-state index in [0.717, 1.165) is 5.01 Å². The van der Waals surface area contributed by atoms with Crippen LogP contribution in [0.5, 0.6) is 0 Å². The van der Waals surface area contributed by atoms with Gasteiger partial charge in [0, 0.05) is 18.1 Å². The van der Waals surface area contributed by atoms with Gasteiger partial charge in [-0.05, 0) is 6.92 Å². The average Bonchev–Trinajstić information content (AvgIpc) is 2.62. The van der Waals surface area contributed by atoms with Gasteiger partial charge in [0.05, 0.1) is 12.1 Å². The first-order valence-electron chi connectivity index (χ1n) is 4.20. The molecule has 2 heterocycles. The van der Waals surface area contributed by atoms with Crippen LogP contribution in [0.25, 0.3) is 0 Å². The number of carbonyl (C=O) groups is 1. The predicted octanol–water partition coefficient (Wildman–Crippen LogP) is 0.292. The molecule has 70 valence electrons. The molecule has 1 fully saturated rings. The summed E-state index contributed by atoms with van der Waals surface area (Å²) in [4.78, 5) is 15.3. The smallest absolute Gasteiger partial charge is 0.236 e. The molecule has 1 amide bonds. The zero-order valence-electron chi connectivity index (χ0n) is 7.28. The van der Waals surface area contributed by atoms with Gasteiger partial charge in [-0.15, -0.1) is 11.3 Å². The van der Waals surface area contributed by atoms with Crippen molar-refractivity contribution in [3.05, 3.63) is 16.6 Å². The molecule has 0 radical (unpaired) electrons. The van der Waals surface area contributed by atoms with Crippen LogP contribution in [-0.4, -0.2) is 23.5 Å². The van der Waals surface area contributed by atoms with E-state index >= 15 is 0 Å². The molecule has 0 aromatic carbocycles. The molecule has 0 spiro atoms. The molecule has 5 heteroatoms. The number of carbonyl (C=O) groups excluding carboxylic acids is 1. The molecular weight excluding hydrogens is 186 g/mol. The van der Waals surface area contributed by atoms with Gasteiger partial charge < -0.3 is 5.32 Å². The summed E-state index contributed by atoms with van der Waals surface area (Å²) in [5.74, 6) is 0.0628. The second kappa shape index (κ2) is 3.43. The second-order valence-electron chi connectivity index (χ2n) is 3.06. The zero-order chi connectivity index (χ0) is 9.26. The van der Waals surface area contributed by atoms with Crippen molar-refractivity contribution in [3.8, 4) is 0 Å². The Hall–Kier alpha value is -0.940. The van der Waals surface area contributed by atoms with Gasteiger partial charge in [-0.1, -0.05) is 0 Å². The molecule has 1 aliphatic rings. The van der Waals surface area contributed by atoms with Gasteiger partial charge in [-0.25, -0.2) is 4.98 Å². The van der Waals surface area contributed by atoms with Gasteiger partial charge in [0.1, 0.15) is 5.01 Å². The Labute approximate surface area is 80.4 Å². The Morgan fingerprint density at radius 1 is 1.69 bits per heavy atom. The highest BCUT2D eigenvalue weighted by Gasteiger charge is 2.26. The molecule has 4 nitrogen and oxygen atoms in total. The number of nitrogens with one attached hydrogen (secondary N) is 2. The number of thiazole rings is 1. The lowest BCUT2D eigenvalue weighted by Crippen LogP contribution is -2.52. The normalized spacial score (nSPS) is 28.5. The van der Waals surface area contributed by atoms with E-state index in [1.54, 1.807) is 17.5 Å². The molecule has 2 rings (SSSR count). The minimum Gasteiger partial charge on any atom is -0.353 e. The fourth-order valence-electron chi connectivity index (χ4n) is 1.36. The standard InChI is InChI=1S/C8H11N3OS/c1-5-7(12)10-4-6(11-5)8-9-2-3-13-8/h2-3,5-6,11H,4H2,1H3,(H,10,12). The van der Waals surface area contributed by atoms with E-state index in [4.69, 9.17) is 0 Å². The Kier molecular flexibility index (Phi) is 2.28. The van der Waals surface area contributed by atoms with Gasteiger partial charge in [0.2, 0.25) is 5.91 Å². The predicted molar refractivity (Wildman–Crippen MR) is 50.5 cm³/mol. The number of hydrogen-bond acceptors (Lipinski definition) is 4. The summed E-state index contributed by atoms with van der Waals surface area (Å²) in [6.45, 7) is 2.49. The van der Waals surface area contributed by atoms with Crippen LogP contribution < -0.4 is 10.6 Å². The lowest BCUT2D eigenvalue weighted by Gasteiger charge is -2.27. The van der Waals surface area contributed by atoms with Crippen molar-refractivity contribution in [1.29, 1.82) is 0 Å². The van der Waals surface area contributed by atoms with Crippen LogP contribution in [0.2, 0.25) is 0 Å². The quantitative estimate of drug-likeness (QED) is 0.680. The molecule has 1 aromatic rings. The van der Waals surface area contributed by atoms with Gasteiger partial charge >= 0.3 is 0 Å². The molecule has 2 unspecified atom stereocenters. The van der Waals surface area contributed by atoms with Crippen LogP contribution in [0.3, 0.4) is 0 Å². The van der Waals surface area contributed by atoms with Gasteiger partial charge in [0.15, 0.2) is 0 Å². The number of piperazine rings is 1. The van der Waals surface area contributed by atoms with Gasteiger partial charge in [-0.3, -0.25) is 10.1 Å². The topological polar surface area (TPSA) is 54.0 Å². The number of amides is 1. The number of rotatable bonds is 1. The Morgan fingerprint density at radius 2 is 2.54 bits per heavy atom. The van der Waals surface area contributed by atoms with E-state index < -0.39 is 0 Å². The summed E-state index contributed by atoms with van der Waals surface area (Å²) in [5.41, 5.74) is 0. The Bertz CT molecular complexity index is 298. The van der Waals surface area contributed by atoms with Crippen molar-refractivity contribution in [2.45, 2.75) is 19.0 Å². The first-order chi connectivity index (χ1) is 6.27. The maximum Gasteiger partial charge on any atom is 0.236 e. The molecule has 0 aliphatic carbocycles. The van der Waals surface area contributed by atoms with Crippen molar-refractivity contribution in [2.24, 2.45) is 0 Å². The molecule has 0 saturated carbocycles. The second-order valence-corrected chi connectivity index (χ2v) is 3.98.